The van der Waals surface area contributed by atoms with Crippen molar-refractivity contribution in [2.45, 2.75) is 25.0 Å². The fraction of sp³-hybridized carbons (Fsp3) is 0.357. The molecule has 1 aliphatic rings. The molecule has 0 aromatic heterocycles. The van der Waals surface area contributed by atoms with Crippen LogP contribution in [0.15, 0.2) is 36.4 Å². The highest BCUT2D eigenvalue weighted by Gasteiger charge is 2.35. The van der Waals surface area contributed by atoms with Crippen LogP contribution in [0.25, 0.3) is 6.08 Å². The Morgan fingerprint density at radius 2 is 2.06 bits per heavy atom. The van der Waals surface area contributed by atoms with Gasteiger partial charge in [-0.15, -0.1) is 0 Å². The molecule has 1 N–H and O–H groups in total. The Morgan fingerprint density at radius 1 is 1.35 bits per heavy atom. The summed E-state index contributed by atoms with van der Waals surface area (Å²) in [5.74, 6) is -0.00328. The molecule has 0 saturated carbocycles. The smallest absolute Gasteiger partial charge is 0.224 e. The van der Waals surface area contributed by atoms with E-state index in [0.29, 0.717) is 12.8 Å². The van der Waals surface area contributed by atoms with Gasteiger partial charge in [0.2, 0.25) is 5.91 Å². The first-order chi connectivity index (χ1) is 8.12. The van der Waals surface area contributed by atoms with Crippen LogP contribution in [0, 0.1) is 0 Å². The number of rotatable bonds is 2. The van der Waals surface area contributed by atoms with Crippen LogP contribution in [0.4, 0.5) is 0 Å². The third-order valence-electron chi connectivity index (χ3n) is 3.23. The second-order valence-electron chi connectivity index (χ2n) is 4.43. The third-order valence-corrected chi connectivity index (χ3v) is 3.23. The summed E-state index contributed by atoms with van der Waals surface area (Å²) in [5.41, 5.74) is -0.113. The van der Waals surface area contributed by atoms with E-state index in [0.717, 1.165) is 12.0 Å². The number of carbonyl (C=O) groups is 1. The lowest BCUT2D eigenvalue weighted by Crippen LogP contribution is -2.51. The number of carbonyl (C=O) groups excluding carboxylic acids is 1. The molecule has 0 spiro atoms. The van der Waals surface area contributed by atoms with Crippen LogP contribution >= 0.6 is 0 Å². The molecule has 17 heavy (non-hydrogen) atoms. The summed E-state index contributed by atoms with van der Waals surface area (Å²) in [6, 6.07) is 9.76. The van der Waals surface area contributed by atoms with E-state index >= 15 is 0 Å². The summed E-state index contributed by atoms with van der Waals surface area (Å²) >= 11 is 0. The van der Waals surface area contributed by atoms with Crippen molar-refractivity contribution < 1.29 is 9.90 Å². The molecule has 1 aromatic rings. The van der Waals surface area contributed by atoms with E-state index in [2.05, 4.69) is 0 Å². The first-order valence-corrected chi connectivity index (χ1v) is 5.85. The Morgan fingerprint density at radius 3 is 2.76 bits per heavy atom. The minimum atomic E-state index is -1.13. The lowest BCUT2D eigenvalue weighted by atomic mass is 9.97. The van der Waals surface area contributed by atoms with E-state index in [-0.39, 0.29) is 5.91 Å². The number of hydrogen-bond acceptors (Lipinski definition) is 2. The third kappa shape index (κ3) is 2.56. The van der Waals surface area contributed by atoms with Crippen LogP contribution in [-0.4, -0.2) is 28.7 Å². The number of piperidine rings is 1. The Labute approximate surface area is 101 Å². The van der Waals surface area contributed by atoms with Gasteiger partial charge in [0.15, 0.2) is 5.72 Å². The van der Waals surface area contributed by atoms with Crippen LogP contribution in [0.5, 0.6) is 0 Å². The molecule has 0 bridgehead atoms. The number of hydrogen-bond donors (Lipinski definition) is 1. The maximum absolute atomic E-state index is 11.6. The van der Waals surface area contributed by atoms with E-state index < -0.39 is 5.72 Å². The van der Waals surface area contributed by atoms with Gasteiger partial charge in [0, 0.05) is 13.5 Å². The van der Waals surface area contributed by atoms with Crippen molar-refractivity contribution in [2.75, 3.05) is 7.05 Å². The molecule has 0 radical (unpaired) electrons. The Kier molecular flexibility index (Phi) is 3.29. The Balaban J connectivity index is 2.16. The first-order valence-electron chi connectivity index (χ1n) is 5.85. The quantitative estimate of drug-likeness (QED) is 0.846. The van der Waals surface area contributed by atoms with Crippen molar-refractivity contribution in [2.24, 2.45) is 0 Å². The van der Waals surface area contributed by atoms with Gasteiger partial charge >= 0.3 is 0 Å². The maximum Gasteiger partial charge on any atom is 0.224 e. The number of amides is 1. The molecule has 1 amide bonds. The fourth-order valence-electron chi connectivity index (χ4n) is 2.04. The van der Waals surface area contributed by atoms with Gasteiger partial charge in [0.25, 0.3) is 0 Å². The van der Waals surface area contributed by atoms with Gasteiger partial charge in [-0.25, -0.2) is 0 Å². The summed E-state index contributed by atoms with van der Waals surface area (Å²) in [7, 11) is 1.65. The lowest BCUT2D eigenvalue weighted by Gasteiger charge is -2.38. The van der Waals surface area contributed by atoms with Crippen molar-refractivity contribution in [3.8, 4) is 0 Å². The van der Waals surface area contributed by atoms with Gasteiger partial charge in [-0.1, -0.05) is 36.4 Å². The summed E-state index contributed by atoms with van der Waals surface area (Å²) in [6.45, 7) is 0. The van der Waals surface area contributed by atoms with Crippen molar-refractivity contribution in [1.82, 2.24) is 4.90 Å². The van der Waals surface area contributed by atoms with E-state index in [1.165, 1.54) is 4.90 Å². The number of likely N-dealkylation sites (tertiary alicyclic amines) is 1. The molecule has 1 unspecified atom stereocenters. The standard InChI is InChI=1S/C14H17NO2/c1-15-13(16)8-5-10-14(15,17)11-9-12-6-3-2-4-7-12/h2-4,6-7,9,11,17H,5,8,10H2,1H3. The zero-order valence-electron chi connectivity index (χ0n) is 9.97. The molecular weight excluding hydrogens is 214 g/mol. The molecule has 1 aromatic carbocycles. The highest BCUT2D eigenvalue weighted by atomic mass is 16.3. The second kappa shape index (κ2) is 4.72. The second-order valence-corrected chi connectivity index (χ2v) is 4.43. The molecule has 1 fully saturated rings. The molecule has 0 aliphatic carbocycles. The van der Waals surface area contributed by atoms with Crippen LogP contribution in [0.2, 0.25) is 0 Å². The summed E-state index contributed by atoms with van der Waals surface area (Å²) in [5, 5.41) is 10.4. The Bertz CT molecular complexity index is 427. The first kappa shape index (κ1) is 11.9. The van der Waals surface area contributed by atoms with Crippen molar-refractivity contribution in [3.05, 3.63) is 42.0 Å². The molecule has 1 saturated heterocycles. The van der Waals surface area contributed by atoms with Crippen molar-refractivity contribution >= 4 is 12.0 Å². The van der Waals surface area contributed by atoms with E-state index in [4.69, 9.17) is 0 Å². The molecule has 90 valence electrons. The summed E-state index contributed by atoms with van der Waals surface area (Å²) in [4.78, 5) is 13.0. The SMILES string of the molecule is CN1C(=O)CCCC1(O)C=Cc1ccccc1. The predicted molar refractivity (Wildman–Crippen MR) is 67.0 cm³/mol. The lowest BCUT2D eigenvalue weighted by molar-refractivity contribution is -0.154. The van der Waals surface area contributed by atoms with E-state index in [9.17, 15) is 9.90 Å². The zero-order chi connectivity index (χ0) is 12.3. The minimum Gasteiger partial charge on any atom is -0.367 e. The topological polar surface area (TPSA) is 40.5 Å². The molecule has 3 nitrogen and oxygen atoms in total. The van der Waals surface area contributed by atoms with Crippen LogP contribution in [0.1, 0.15) is 24.8 Å². The van der Waals surface area contributed by atoms with Gasteiger partial charge in [-0.05, 0) is 24.5 Å². The van der Waals surface area contributed by atoms with Crippen LogP contribution in [-0.2, 0) is 4.79 Å². The van der Waals surface area contributed by atoms with Gasteiger partial charge in [0.1, 0.15) is 0 Å². The number of benzene rings is 1. The molecule has 3 heteroatoms. The predicted octanol–water partition coefficient (Wildman–Crippen LogP) is 2.03. The normalized spacial score (nSPS) is 25.5. The van der Waals surface area contributed by atoms with Crippen molar-refractivity contribution in [3.63, 3.8) is 0 Å². The average Bonchev–Trinajstić information content (AvgIpc) is 2.35. The van der Waals surface area contributed by atoms with Gasteiger partial charge in [0.05, 0.1) is 0 Å². The highest BCUT2D eigenvalue weighted by molar-refractivity contribution is 5.78. The van der Waals surface area contributed by atoms with Gasteiger partial charge in [-0.3, -0.25) is 4.79 Å². The van der Waals surface area contributed by atoms with Gasteiger partial charge < -0.3 is 10.0 Å². The fourth-order valence-corrected chi connectivity index (χ4v) is 2.04. The Hall–Kier alpha value is -1.61. The average molecular weight is 231 g/mol. The maximum atomic E-state index is 11.6. The van der Waals surface area contributed by atoms with Crippen molar-refractivity contribution in [1.29, 1.82) is 0 Å². The van der Waals surface area contributed by atoms with E-state index in [1.807, 2.05) is 36.4 Å². The molecule has 1 heterocycles. The number of aliphatic hydroxyl groups is 1. The largest absolute Gasteiger partial charge is 0.367 e. The van der Waals surface area contributed by atoms with Crippen LogP contribution in [0.3, 0.4) is 0 Å². The number of likely N-dealkylation sites (N-methyl/N-ethyl adjacent to an activating group) is 1. The zero-order valence-corrected chi connectivity index (χ0v) is 9.97. The van der Waals surface area contributed by atoms with E-state index in [1.54, 1.807) is 13.1 Å². The molecular formula is C14H17NO2. The van der Waals surface area contributed by atoms with Gasteiger partial charge in [-0.2, -0.15) is 0 Å². The summed E-state index contributed by atoms with van der Waals surface area (Å²) < 4.78 is 0. The minimum absolute atomic E-state index is 0.00328. The molecule has 1 atom stereocenters. The highest BCUT2D eigenvalue weighted by Crippen LogP contribution is 2.27. The molecule has 2 rings (SSSR count). The number of nitrogens with zero attached hydrogens (tertiary/aromatic N) is 1. The van der Waals surface area contributed by atoms with Crippen LogP contribution < -0.4 is 0 Å². The monoisotopic (exact) mass is 231 g/mol. The summed E-state index contributed by atoms with van der Waals surface area (Å²) in [6.07, 6.45) is 5.42. The molecule has 1 aliphatic heterocycles.